The highest BCUT2D eigenvalue weighted by Crippen LogP contribution is 2.40. The highest BCUT2D eigenvalue weighted by Gasteiger charge is 2.39. The topological polar surface area (TPSA) is 35.2 Å². The maximum Gasteiger partial charge on any atom is 0.416 e. The van der Waals surface area contributed by atoms with E-state index < -0.39 is 17.2 Å². The van der Waals surface area contributed by atoms with Gasteiger partial charge in [0.1, 0.15) is 0 Å². The van der Waals surface area contributed by atoms with Gasteiger partial charge in [0, 0.05) is 23.0 Å². The average molecular weight is 324 g/mol. The van der Waals surface area contributed by atoms with Crippen LogP contribution in [0, 0.1) is 0 Å². The van der Waals surface area contributed by atoms with E-state index in [9.17, 15) is 13.2 Å². The molecule has 0 bridgehead atoms. The van der Waals surface area contributed by atoms with Gasteiger partial charge in [-0.2, -0.15) is 13.2 Å². The molecule has 1 fully saturated rings. The first-order valence-electron chi connectivity index (χ1n) is 5.54. The lowest BCUT2D eigenvalue weighted by molar-refractivity contribution is -0.137. The minimum absolute atomic E-state index is 0.271. The summed E-state index contributed by atoms with van der Waals surface area (Å²) in [6, 6.07) is 3.66. The Morgan fingerprint density at radius 1 is 1.39 bits per heavy atom. The Morgan fingerprint density at radius 2 is 2.11 bits per heavy atom. The smallest absolute Gasteiger partial charge is 0.380 e. The van der Waals surface area contributed by atoms with Crippen LogP contribution in [0.4, 0.5) is 13.2 Å². The maximum absolute atomic E-state index is 12.7. The Labute approximate surface area is 111 Å². The molecule has 1 aliphatic rings. The van der Waals surface area contributed by atoms with E-state index in [0.29, 0.717) is 29.7 Å². The number of hydrogen-bond donors (Lipinski definition) is 1. The predicted molar refractivity (Wildman–Crippen MR) is 65.3 cm³/mol. The normalized spacial score (nSPS) is 24.5. The van der Waals surface area contributed by atoms with E-state index in [1.165, 1.54) is 12.1 Å². The van der Waals surface area contributed by atoms with Gasteiger partial charge in [-0.25, -0.2) is 0 Å². The molecule has 2 rings (SSSR count). The van der Waals surface area contributed by atoms with Crippen molar-refractivity contribution < 1.29 is 17.9 Å². The van der Waals surface area contributed by atoms with Crippen LogP contribution in [0.25, 0.3) is 0 Å². The van der Waals surface area contributed by atoms with Gasteiger partial charge in [-0.15, -0.1) is 0 Å². The van der Waals surface area contributed by atoms with Crippen molar-refractivity contribution in [2.24, 2.45) is 5.73 Å². The number of alkyl halides is 3. The van der Waals surface area contributed by atoms with Gasteiger partial charge in [0.25, 0.3) is 0 Å². The first-order chi connectivity index (χ1) is 8.39. The maximum atomic E-state index is 12.7. The first-order valence-corrected chi connectivity index (χ1v) is 6.33. The molecule has 1 atom stereocenters. The minimum atomic E-state index is -4.34. The van der Waals surface area contributed by atoms with Crippen LogP contribution in [-0.2, 0) is 16.3 Å². The van der Waals surface area contributed by atoms with E-state index in [-0.39, 0.29) is 6.54 Å². The molecule has 0 saturated carbocycles. The SMILES string of the molecule is NCC1(c2cc(C(F)(F)F)ccc2Br)CCOC1. The summed E-state index contributed by atoms with van der Waals surface area (Å²) in [4.78, 5) is 0. The number of halogens is 4. The molecule has 1 heterocycles. The minimum Gasteiger partial charge on any atom is -0.380 e. The van der Waals surface area contributed by atoms with E-state index in [0.717, 1.165) is 6.07 Å². The molecule has 1 aromatic rings. The summed E-state index contributed by atoms with van der Waals surface area (Å²) in [7, 11) is 0. The van der Waals surface area contributed by atoms with Crippen LogP contribution < -0.4 is 5.73 Å². The number of benzene rings is 1. The molecule has 100 valence electrons. The summed E-state index contributed by atoms with van der Waals surface area (Å²) < 4.78 is 44.2. The standard InChI is InChI=1S/C12H13BrF3NO/c13-10-2-1-8(12(14,15)16)5-9(10)11(6-17)3-4-18-7-11/h1-2,5H,3-4,6-7,17H2. The van der Waals surface area contributed by atoms with Crippen molar-refractivity contribution >= 4 is 15.9 Å². The highest BCUT2D eigenvalue weighted by atomic mass is 79.9. The van der Waals surface area contributed by atoms with E-state index in [2.05, 4.69) is 15.9 Å². The molecule has 0 amide bonds. The van der Waals surface area contributed by atoms with Gasteiger partial charge in [-0.05, 0) is 30.2 Å². The fourth-order valence-electron chi connectivity index (χ4n) is 2.20. The van der Waals surface area contributed by atoms with Gasteiger partial charge in [-0.1, -0.05) is 15.9 Å². The van der Waals surface area contributed by atoms with Crippen LogP contribution >= 0.6 is 15.9 Å². The van der Waals surface area contributed by atoms with Crippen molar-refractivity contribution in [1.29, 1.82) is 0 Å². The third kappa shape index (κ3) is 2.41. The van der Waals surface area contributed by atoms with Gasteiger partial charge in [0.2, 0.25) is 0 Å². The van der Waals surface area contributed by atoms with Crippen LogP contribution in [-0.4, -0.2) is 19.8 Å². The molecule has 1 saturated heterocycles. The Hall–Kier alpha value is -0.590. The van der Waals surface area contributed by atoms with Crippen LogP contribution in [0.1, 0.15) is 17.5 Å². The number of hydrogen-bond acceptors (Lipinski definition) is 2. The Bertz CT molecular complexity index is 441. The van der Waals surface area contributed by atoms with Gasteiger partial charge in [-0.3, -0.25) is 0 Å². The molecule has 2 nitrogen and oxygen atoms in total. The van der Waals surface area contributed by atoms with Gasteiger partial charge < -0.3 is 10.5 Å². The third-order valence-corrected chi connectivity index (χ3v) is 4.05. The summed E-state index contributed by atoms with van der Waals surface area (Å²) in [5.74, 6) is 0. The van der Waals surface area contributed by atoms with Crippen molar-refractivity contribution in [1.82, 2.24) is 0 Å². The van der Waals surface area contributed by atoms with Crippen LogP contribution in [0.15, 0.2) is 22.7 Å². The highest BCUT2D eigenvalue weighted by molar-refractivity contribution is 9.10. The number of rotatable bonds is 2. The quantitative estimate of drug-likeness (QED) is 0.907. The third-order valence-electron chi connectivity index (χ3n) is 3.36. The largest absolute Gasteiger partial charge is 0.416 e. The van der Waals surface area contributed by atoms with E-state index in [1.807, 2.05) is 0 Å². The fourth-order valence-corrected chi connectivity index (χ4v) is 2.87. The summed E-state index contributed by atoms with van der Waals surface area (Å²) >= 11 is 3.30. The summed E-state index contributed by atoms with van der Waals surface area (Å²) in [5, 5.41) is 0. The van der Waals surface area contributed by atoms with Crippen molar-refractivity contribution in [3.63, 3.8) is 0 Å². The Morgan fingerprint density at radius 3 is 2.61 bits per heavy atom. The monoisotopic (exact) mass is 323 g/mol. The molecule has 1 unspecified atom stereocenters. The molecule has 0 spiro atoms. The first kappa shape index (κ1) is 13.8. The lowest BCUT2D eigenvalue weighted by Crippen LogP contribution is -2.36. The average Bonchev–Trinajstić information content (AvgIpc) is 2.77. The van der Waals surface area contributed by atoms with Gasteiger partial charge in [0.15, 0.2) is 0 Å². The van der Waals surface area contributed by atoms with Gasteiger partial charge in [0.05, 0.1) is 12.2 Å². The summed E-state index contributed by atoms with van der Waals surface area (Å²) in [6.07, 6.45) is -3.70. The molecule has 0 radical (unpaired) electrons. The van der Waals surface area contributed by atoms with Crippen LogP contribution in [0.3, 0.4) is 0 Å². The number of nitrogens with two attached hydrogens (primary N) is 1. The fraction of sp³-hybridized carbons (Fsp3) is 0.500. The molecule has 18 heavy (non-hydrogen) atoms. The van der Waals surface area contributed by atoms with E-state index >= 15 is 0 Å². The lowest BCUT2D eigenvalue weighted by Gasteiger charge is -2.28. The Kier molecular flexibility index (Phi) is 3.71. The van der Waals surface area contributed by atoms with Crippen molar-refractivity contribution in [3.8, 4) is 0 Å². The lowest BCUT2D eigenvalue weighted by atomic mass is 9.79. The van der Waals surface area contributed by atoms with Crippen molar-refractivity contribution in [2.75, 3.05) is 19.8 Å². The summed E-state index contributed by atoms with van der Waals surface area (Å²) in [6.45, 7) is 1.16. The molecular weight excluding hydrogens is 311 g/mol. The van der Waals surface area contributed by atoms with Crippen LogP contribution in [0.2, 0.25) is 0 Å². The zero-order chi connectivity index (χ0) is 13.4. The Balaban J connectivity index is 2.49. The van der Waals surface area contributed by atoms with E-state index in [1.54, 1.807) is 0 Å². The molecule has 1 aliphatic heterocycles. The molecule has 2 N–H and O–H groups in total. The van der Waals surface area contributed by atoms with Gasteiger partial charge >= 0.3 is 6.18 Å². The second-order valence-electron chi connectivity index (χ2n) is 4.48. The van der Waals surface area contributed by atoms with Crippen molar-refractivity contribution in [2.45, 2.75) is 18.0 Å². The van der Waals surface area contributed by atoms with Crippen molar-refractivity contribution in [3.05, 3.63) is 33.8 Å². The number of ether oxygens (including phenoxy) is 1. The zero-order valence-corrected chi connectivity index (χ0v) is 11.1. The van der Waals surface area contributed by atoms with Crippen LogP contribution in [0.5, 0.6) is 0 Å². The zero-order valence-electron chi connectivity index (χ0n) is 9.56. The predicted octanol–water partition coefficient (Wildman–Crippen LogP) is 3.08. The molecule has 0 aliphatic carbocycles. The summed E-state index contributed by atoms with van der Waals surface area (Å²) in [5.41, 5.74) is 5.16. The molecule has 1 aromatic carbocycles. The molecular formula is C12H13BrF3NO. The second-order valence-corrected chi connectivity index (χ2v) is 5.33. The second kappa shape index (κ2) is 4.83. The molecule has 0 aromatic heterocycles. The van der Waals surface area contributed by atoms with E-state index in [4.69, 9.17) is 10.5 Å². The molecule has 6 heteroatoms.